The van der Waals surface area contributed by atoms with E-state index >= 15 is 0 Å². The molecule has 0 saturated carbocycles. The number of phosphoric ester groups is 2. The van der Waals surface area contributed by atoms with E-state index in [4.69, 9.17) is 37.0 Å². The molecule has 0 saturated heterocycles. The Morgan fingerprint density at radius 1 is 0.326 bits per heavy atom. The first-order valence-electron chi connectivity index (χ1n) is 35.2. The Morgan fingerprint density at radius 3 is 0.826 bits per heavy atom. The number of phosphoric acid groups is 2. The minimum Gasteiger partial charge on any atom is -0.462 e. The van der Waals surface area contributed by atoms with Gasteiger partial charge >= 0.3 is 39.5 Å². The zero-order valence-corrected chi connectivity index (χ0v) is 57.2. The number of rotatable bonds is 67. The van der Waals surface area contributed by atoms with Crippen LogP contribution in [0.3, 0.4) is 0 Å². The molecule has 6 atom stereocenters. The van der Waals surface area contributed by atoms with Crippen molar-refractivity contribution in [1.82, 2.24) is 0 Å². The highest BCUT2D eigenvalue weighted by Crippen LogP contribution is 2.45. The molecule has 0 rings (SSSR count). The second-order valence-electron chi connectivity index (χ2n) is 24.5. The maximum Gasteiger partial charge on any atom is 0.472 e. The second kappa shape index (κ2) is 60.6. The highest BCUT2D eigenvalue weighted by Gasteiger charge is 2.30. The molecule has 86 heavy (non-hydrogen) atoms. The lowest BCUT2D eigenvalue weighted by molar-refractivity contribution is -0.161. The highest BCUT2D eigenvalue weighted by molar-refractivity contribution is 7.47. The van der Waals surface area contributed by atoms with Gasteiger partial charge in [-0.15, -0.1) is 0 Å². The van der Waals surface area contributed by atoms with Crippen LogP contribution in [0.2, 0.25) is 0 Å². The third-order valence-corrected chi connectivity index (χ3v) is 17.8. The predicted octanol–water partition coefficient (Wildman–Crippen LogP) is 19.0. The summed E-state index contributed by atoms with van der Waals surface area (Å²) in [4.78, 5) is 72.2. The van der Waals surface area contributed by atoms with Gasteiger partial charge in [0.1, 0.15) is 19.3 Å². The summed E-state index contributed by atoms with van der Waals surface area (Å²) in [7, 11) is -9.89. The van der Waals surface area contributed by atoms with Crippen LogP contribution in [-0.4, -0.2) is 96.7 Å². The number of hydrogen-bond donors (Lipinski definition) is 3. The van der Waals surface area contributed by atoms with Crippen LogP contribution in [0.25, 0.3) is 0 Å². The molecule has 19 heteroatoms. The molecule has 0 heterocycles. The van der Waals surface area contributed by atoms with E-state index in [1.807, 2.05) is 0 Å². The van der Waals surface area contributed by atoms with Gasteiger partial charge in [-0.2, -0.15) is 0 Å². The fourth-order valence-corrected chi connectivity index (χ4v) is 11.7. The van der Waals surface area contributed by atoms with Gasteiger partial charge in [-0.25, -0.2) is 9.13 Å². The van der Waals surface area contributed by atoms with E-state index in [0.717, 1.165) is 109 Å². The molecule has 0 spiro atoms. The number of aliphatic hydroxyl groups excluding tert-OH is 1. The Morgan fingerprint density at radius 2 is 0.558 bits per heavy atom. The molecular formula is C67H130O17P2. The molecule has 17 nitrogen and oxygen atoms in total. The van der Waals surface area contributed by atoms with Crippen LogP contribution < -0.4 is 0 Å². The normalized spacial score (nSPS) is 14.5. The Hall–Kier alpha value is -1.94. The first kappa shape index (κ1) is 84.1. The molecule has 0 radical (unpaired) electrons. The van der Waals surface area contributed by atoms with Crippen molar-refractivity contribution in [3.63, 3.8) is 0 Å². The van der Waals surface area contributed by atoms with Gasteiger partial charge in [0.2, 0.25) is 0 Å². The minimum atomic E-state index is -4.95. The molecule has 0 amide bonds. The number of unbranched alkanes of at least 4 members (excludes halogenated alkanes) is 38. The summed E-state index contributed by atoms with van der Waals surface area (Å²) >= 11 is 0. The summed E-state index contributed by atoms with van der Waals surface area (Å²) in [5, 5.41) is 10.5. The van der Waals surface area contributed by atoms with Crippen molar-refractivity contribution in [2.24, 2.45) is 5.92 Å². The molecule has 0 aromatic rings. The Bertz CT molecular complexity index is 1670. The van der Waals surface area contributed by atoms with E-state index in [-0.39, 0.29) is 25.7 Å². The van der Waals surface area contributed by atoms with Crippen LogP contribution in [0.5, 0.6) is 0 Å². The van der Waals surface area contributed by atoms with Crippen molar-refractivity contribution in [2.45, 2.75) is 361 Å². The van der Waals surface area contributed by atoms with Gasteiger partial charge < -0.3 is 33.8 Å². The maximum atomic E-state index is 13.0. The van der Waals surface area contributed by atoms with E-state index in [0.29, 0.717) is 25.7 Å². The van der Waals surface area contributed by atoms with Crippen molar-refractivity contribution in [1.29, 1.82) is 0 Å². The van der Waals surface area contributed by atoms with E-state index < -0.39 is 97.5 Å². The van der Waals surface area contributed by atoms with Crippen molar-refractivity contribution in [3.05, 3.63) is 0 Å². The second-order valence-corrected chi connectivity index (χ2v) is 27.4. The molecule has 0 bridgehead atoms. The average Bonchev–Trinajstić information content (AvgIpc) is 3.65. The summed E-state index contributed by atoms with van der Waals surface area (Å²) in [6.07, 6.45) is 45.9. The lowest BCUT2D eigenvalue weighted by Crippen LogP contribution is -2.30. The number of carbonyl (C=O) groups excluding carboxylic acids is 4. The Kier molecular flexibility index (Phi) is 59.2. The number of carbonyl (C=O) groups is 4. The van der Waals surface area contributed by atoms with E-state index in [1.54, 1.807) is 0 Å². The number of ether oxygens (including phenoxy) is 4. The summed E-state index contributed by atoms with van der Waals surface area (Å²) in [6, 6.07) is 0. The monoisotopic (exact) mass is 1270 g/mol. The zero-order chi connectivity index (χ0) is 63.5. The summed E-state index contributed by atoms with van der Waals surface area (Å²) in [5.41, 5.74) is 0. The van der Waals surface area contributed by atoms with Crippen LogP contribution in [0, 0.1) is 5.92 Å². The number of esters is 4. The Balaban J connectivity index is 5.18. The quantitative estimate of drug-likeness (QED) is 0.0222. The van der Waals surface area contributed by atoms with Gasteiger partial charge in [0.15, 0.2) is 12.2 Å². The highest BCUT2D eigenvalue weighted by atomic mass is 31.2. The maximum absolute atomic E-state index is 13.0. The van der Waals surface area contributed by atoms with Gasteiger partial charge in [0, 0.05) is 25.7 Å². The molecule has 3 unspecified atom stereocenters. The van der Waals surface area contributed by atoms with E-state index in [9.17, 15) is 43.2 Å². The van der Waals surface area contributed by atoms with Gasteiger partial charge in [-0.05, 0) is 31.6 Å². The zero-order valence-electron chi connectivity index (χ0n) is 55.4. The molecule has 0 fully saturated rings. The van der Waals surface area contributed by atoms with Crippen LogP contribution in [0.1, 0.15) is 343 Å². The van der Waals surface area contributed by atoms with Crippen molar-refractivity contribution >= 4 is 39.5 Å². The number of hydrogen-bond acceptors (Lipinski definition) is 15. The largest absolute Gasteiger partial charge is 0.472 e. The van der Waals surface area contributed by atoms with Crippen LogP contribution in [0.15, 0.2) is 0 Å². The van der Waals surface area contributed by atoms with Gasteiger partial charge in [-0.3, -0.25) is 37.3 Å². The molecule has 0 aliphatic rings. The van der Waals surface area contributed by atoms with Crippen LogP contribution >= 0.6 is 15.6 Å². The van der Waals surface area contributed by atoms with Crippen LogP contribution in [0.4, 0.5) is 0 Å². The van der Waals surface area contributed by atoms with E-state index in [1.165, 1.54) is 154 Å². The number of aliphatic hydroxyl groups is 1. The standard InChI is InChI=1S/C67H130O17P2/c1-6-10-13-16-19-22-24-25-26-27-28-29-30-31-33-36-43-48-53-67(72)84-63(57-78-65(70)51-46-41-38-37-39-44-49-60(5)9-4)59-82-86(75,76)80-55-61(68)54-79-85(73,74)81-58-62(56-77-64(69)50-45-40-34-21-18-15-12-8-3)83-66(71)52-47-42-35-32-23-20-17-14-11-7-2/h60-63,68H,6-59H2,1-5H3,(H,73,74)(H,75,76)/t60?,61-,62+,63+/m0/s1. The third kappa shape index (κ3) is 59.7. The van der Waals surface area contributed by atoms with Crippen molar-refractivity contribution in [2.75, 3.05) is 39.6 Å². The third-order valence-electron chi connectivity index (χ3n) is 15.9. The summed E-state index contributed by atoms with van der Waals surface area (Å²) < 4.78 is 68.0. The minimum absolute atomic E-state index is 0.106. The average molecular weight is 1270 g/mol. The van der Waals surface area contributed by atoms with Gasteiger partial charge in [0.05, 0.1) is 26.4 Å². The molecule has 0 aromatic heterocycles. The smallest absolute Gasteiger partial charge is 0.462 e. The van der Waals surface area contributed by atoms with Gasteiger partial charge in [-0.1, -0.05) is 291 Å². The summed E-state index contributed by atoms with van der Waals surface area (Å²) in [5.74, 6) is -1.40. The molecule has 3 N–H and O–H groups in total. The molecular weight excluding hydrogens is 1140 g/mol. The topological polar surface area (TPSA) is 237 Å². The van der Waals surface area contributed by atoms with Crippen molar-refractivity contribution in [3.8, 4) is 0 Å². The molecule has 0 aromatic carbocycles. The van der Waals surface area contributed by atoms with E-state index in [2.05, 4.69) is 34.6 Å². The lowest BCUT2D eigenvalue weighted by Gasteiger charge is -2.21. The first-order chi connectivity index (χ1) is 41.6. The fraction of sp³-hybridized carbons (Fsp3) is 0.940. The molecule has 0 aliphatic heterocycles. The van der Waals surface area contributed by atoms with Crippen molar-refractivity contribution < 1.29 is 80.2 Å². The predicted molar refractivity (Wildman–Crippen MR) is 345 cm³/mol. The fourth-order valence-electron chi connectivity index (χ4n) is 10.1. The van der Waals surface area contributed by atoms with Gasteiger partial charge in [0.25, 0.3) is 0 Å². The Labute approximate surface area is 524 Å². The summed E-state index contributed by atoms with van der Waals surface area (Å²) in [6.45, 7) is 7.15. The lowest BCUT2D eigenvalue weighted by atomic mass is 10.00. The molecule has 510 valence electrons. The van der Waals surface area contributed by atoms with Crippen LogP contribution in [-0.2, 0) is 65.4 Å². The SMILES string of the molecule is CCCCCCCCCCCCCCCCCCCCC(=O)O[C@H](COC(=O)CCCCCCCCC(C)CC)COP(=O)(O)OC[C@@H](O)COP(=O)(O)OC[C@@H](COC(=O)CCCCCCCCCC)OC(=O)CCCCCCCCCCCC. The molecule has 0 aliphatic carbocycles. The first-order valence-corrected chi connectivity index (χ1v) is 38.2.